The zero-order chi connectivity index (χ0) is 14.3. The molecule has 0 radical (unpaired) electrons. The summed E-state index contributed by atoms with van der Waals surface area (Å²) in [5, 5.41) is 10.8. The minimum absolute atomic E-state index is 0.237. The van der Waals surface area contributed by atoms with Crippen molar-refractivity contribution in [2.45, 2.75) is 50.9 Å². The number of halogens is 1. The van der Waals surface area contributed by atoms with Crippen molar-refractivity contribution >= 4 is 5.71 Å². The fraction of sp³-hybridized carbons (Fsp3) is 0.800. The van der Waals surface area contributed by atoms with Crippen LogP contribution in [0.3, 0.4) is 0 Å². The first-order valence-corrected chi connectivity index (χ1v) is 9.35. The van der Waals surface area contributed by atoms with Crippen molar-refractivity contribution in [3.05, 3.63) is 12.3 Å². The second kappa shape index (κ2) is 8.18. The Bertz CT molecular complexity index is 282. The monoisotopic (exact) mass is 365 g/mol. The third-order valence-electron chi connectivity index (χ3n) is 3.61. The van der Waals surface area contributed by atoms with E-state index in [4.69, 9.17) is 5.41 Å². The van der Waals surface area contributed by atoms with Gasteiger partial charge in [0.05, 0.1) is 0 Å². The SMILES string of the molecule is C=C(NC)C(=N)CCC(C)C[I-]C(C)(C)C(C)C. The van der Waals surface area contributed by atoms with E-state index in [-0.39, 0.29) is 21.2 Å². The fourth-order valence-corrected chi connectivity index (χ4v) is 4.46. The van der Waals surface area contributed by atoms with Crippen molar-refractivity contribution in [3.8, 4) is 0 Å². The number of allylic oxidation sites excluding steroid dienone is 1. The van der Waals surface area contributed by atoms with E-state index in [1.807, 2.05) is 7.05 Å². The number of hydrogen-bond acceptors (Lipinski definition) is 2. The van der Waals surface area contributed by atoms with E-state index in [0.29, 0.717) is 9.13 Å². The molecule has 18 heavy (non-hydrogen) atoms. The minimum atomic E-state index is 0.237. The summed E-state index contributed by atoms with van der Waals surface area (Å²) in [6, 6.07) is 0. The van der Waals surface area contributed by atoms with Crippen molar-refractivity contribution in [3.63, 3.8) is 0 Å². The molecule has 108 valence electrons. The quantitative estimate of drug-likeness (QED) is 0.352. The molecule has 0 heterocycles. The van der Waals surface area contributed by atoms with Crippen LogP contribution in [0.4, 0.5) is 0 Å². The molecule has 0 spiro atoms. The predicted octanol–water partition coefficient (Wildman–Crippen LogP) is 0.679. The van der Waals surface area contributed by atoms with Crippen molar-refractivity contribution in [2.75, 3.05) is 11.5 Å². The van der Waals surface area contributed by atoms with Gasteiger partial charge < -0.3 is 0 Å². The van der Waals surface area contributed by atoms with Crippen molar-refractivity contribution in [1.29, 1.82) is 5.41 Å². The molecular weight excluding hydrogens is 335 g/mol. The van der Waals surface area contributed by atoms with E-state index in [2.05, 4.69) is 46.5 Å². The molecule has 0 rings (SSSR count). The number of nitrogens with one attached hydrogen (secondary N) is 2. The second-order valence-corrected chi connectivity index (χ2v) is 10.3. The van der Waals surface area contributed by atoms with Crippen LogP contribution < -0.4 is 26.5 Å². The molecule has 0 saturated carbocycles. The van der Waals surface area contributed by atoms with Gasteiger partial charge in [0.15, 0.2) is 0 Å². The Labute approximate surface area is 124 Å². The Morgan fingerprint density at radius 1 is 1.33 bits per heavy atom. The Hall–Kier alpha value is -0.0600. The Morgan fingerprint density at radius 2 is 1.89 bits per heavy atom. The van der Waals surface area contributed by atoms with E-state index in [1.54, 1.807) is 0 Å². The van der Waals surface area contributed by atoms with E-state index < -0.39 is 0 Å². The first-order chi connectivity index (χ1) is 8.20. The molecule has 1 atom stereocenters. The van der Waals surface area contributed by atoms with Crippen molar-refractivity contribution < 1.29 is 21.2 Å². The van der Waals surface area contributed by atoms with Gasteiger partial charge in [-0.3, -0.25) is 0 Å². The molecule has 2 N–H and O–H groups in total. The van der Waals surface area contributed by atoms with Gasteiger partial charge in [0, 0.05) is 0 Å². The van der Waals surface area contributed by atoms with Crippen LogP contribution >= 0.6 is 0 Å². The standard InChI is InChI=1S/C15H30IN2/c1-11(2)15(5,6)16-10-12(3)8-9-14(17)13(4)18-7/h11-12,17-18H,4,8-10H2,1-3,5-7H3/q-1. The average molecular weight is 365 g/mol. The van der Waals surface area contributed by atoms with E-state index in [0.717, 1.165) is 30.4 Å². The van der Waals surface area contributed by atoms with Crippen LogP contribution in [0.1, 0.15) is 47.5 Å². The van der Waals surface area contributed by atoms with Crippen LogP contribution in [-0.4, -0.2) is 20.6 Å². The predicted molar refractivity (Wildman–Crippen MR) is 78.1 cm³/mol. The summed E-state index contributed by atoms with van der Waals surface area (Å²) in [6.45, 7) is 15.6. The zero-order valence-corrected chi connectivity index (χ0v) is 15.0. The van der Waals surface area contributed by atoms with E-state index in [1.165, 1.54) is 4.43 Å². The number of rotatable bonds is 9. The number of alkyl halides is 2. The zero-order valence-electron chi connectivity index (χ0n) is 12.9. The Morgan fingerprint density at radius 3 is 2.33 bits per heavy atom. The normalized spacial score (nSPS) is 13.7. The molecule has 1 unspecified atom stereocenters. The van der Waals surface area contributed by atoms with Gasteiger partial charge in [0.2, 0.25) is 0 Å². The van der Waals surface area contributed by atoms with Crippen LogP contribution in [0.5, 0.6) is 0 Å². The van der Waals surface area contributed by atoms with Crippen LogP contribution in [0.25, 0.3) is 0 Å². The molecule has 0 bridgehead atoms. The van der Waals surface area contributed by atoms with Crippen molar-refractivity contribution in [2.24, 2.45) is 11.8 Å². The molecule has 0 fully saturated rings. The number of hydrogen-bond donors (Lipinski definition) is 2. The second-order valence-electron chi connectivity index (χ2n) is 5.86. The summed E-state index contributed by atoms with van der Waals surface area (Å²) in [4.78, 5) is 0. The van der Waals surface area contributed by atoms with Crippen LogP contribution in [-0.2, 0) is 0 Å². The van der Waals surface area contributed by atoms with Crippen molar-refractivity contribution in [1.82, 2.24) is 5.32 Å². The van der Waals surface area contributed by atoms with Crippen LogP contribution in [0, 0.1) is 17.2 Å². The maximum atomic E-state index is 7.86. The summed E-state index contributed by atoms with van der Waals surface area (Å²) in [5.41, 5.74) is 1.42. The van der Waals surface area contributed by atoms with E-state index in [9.17, 15) is 0 Å². The van der Waals surface area contributed by atoms with Gasteiger partial charge >= 0.3 is 124 Å². The first-order valence-electron chi connectivity index (χ1n) is 6.75. The molecule has 0 aromatic carbocycles. The van der Waals surface area contributed by atoms with Crippen LogP contribution in [0.15, 0.2) is 12.3 Å². The van der Waals surface area contributed by atoms with Gasteiger partial charge in [0.1, 0.15) is 0 Å². The summed E-state index contributed by atoms with van der Waals surface area (Å²) in [5.74, 6) is 1.51. The Kier molecular flexibility index (Phi) is 8.15. The molecule has 2 nitrogen and oxygen atoms in total. The topological polar surface area (TPSA) is 35.9 Å². The molecule has 0 saturated heterocycles. The summed E-state index contributed by atoms with van der Waals surface area (Å²) < 4.78 is 1.90. The fourth-order valence-electron chi connectivity index (χ4n) is 1.25. The molecule has 0 aliphatic heterocycles. The molecule has 0 aromatic rings. The van der Waals surface area contributed by atoms with Gasteiger partial charge in [-0.25, -0.2) is 0 Å². The average Bonchev–Trinajstić information content (AvgIpc) is 2.32. The molecule has 0 aliphatic carbocycles. The third kappa shape index (κ3) is 6.76. The molecule has 0 aromatic heterocycles. The molecule has 3 heteroatoms. The van der Waals surface area contributed by atoms with Gasteiger partial charge in [0.25, 0.3) is 0 Å². The molecular formula is C15H30IN2-. The summed E-state index contributed by atoms with van der Waals surface area (Å²) in [7, 11) is 1.83. The van der Waals surface area contributed by atoms with Crippen LogP contribution in [0.2, 0.25) is 0 Å². The van der Waals surface area contributed by atoms with Gasteiger partial charge in [-0.05, 0) is 0 Å². The van der Waals surface area contributed by atoms with Gasteiger partial charge in [-0.1, -0.05) is 0 Å². The summed E-state index contributed by atoms with van der Waals surface area (Å²) >= 11 is 0.237. The maximum absolute atomic E-state index is 7.86. The molecule has 0 amide bonds. The summed E-state index contributed by atoms with van der Waals surface area (Å²) in [6.07, 6.45) is 1.97. The van der Waals surface area contributed by atoms with Gasteiger partial charge in [-0.15, -0.1) is 0 Å². The molecule has 0 aliphatic rings. The third-order valence-corrected chi connectivity index (χ3v) is 8.77. The first kappa shape index (κ1) is 17.9. The Balaban J connectivity index is 3.96. The van der Waals surface area contributed by atoms with Gasteiger partial charge in [-0.2, -0.15) is 0 Å². The van der Waals surface area contributed by atoms with E-state index >= 15 is 0 Å².